The Bertz CT molecular complexity index is 1280. The number of benzene rings is 3. The smallest absolute Gasteiger partial charge is 0.343 e. The summed E-state index contributed by atoms with van der Waals surface area (Å²) in [5.41, 5.74) is 0.488. The minimum atomic E-state index is -0.770. The average molecular weight is 547 g/mol. The van der Waals surface area contributed by atoms with Gasteiger partial charge < -0.3 is 23.7 Å². The fourth-order valence-electron chi connectivity index (χ4n) is 3.40. The standard InChI is InChI=1S/C32H34O8/c1-4-7-20-36-25-13-9-23(10-14-25)30(33)39-27-17-18-29(28(22-27)32(35)38-19-6-3)40-31(34)24-11-15-26(16-12-24)37-21-8-5-2/h6,9-18,22H,3-5,7-8,19-21H2,1-2H3. The highest BCUT2D eigenvalue weighted by Crippen LogP contribution is 2.27. The summed E-state index contributed by atoms with van der Waals surface area (Å²) in [7, 11) is 0. The second kappa shape index (κ2) is 15.7. The van der Waals surface area contributed by atoms with Crippen LogP contribution in [0.2, 0.25) is 0 Å². The van der Waals surface area contributed by atoms with Gasteiger partial charge in [-0.1, -0.05) is 39.3 Å². The highest BCUT2D eigenvalue weighted by Gasteiger charge is 2.20. The van der Waals surface area contributed by atoms with Crippen molar-refractivity contribution in [3.05, 3.63) is 96.1 Å². The molecule has 0 aliphatic rings. The summed E-state index contributed by atoms with van der Waals surface area (Å²) in [5.74, 6) is -0.747. The van der Waals surface area contributed by atoms with Crippen molar-refractivity contribution < 1.29 is 38.1 Å². The maximum atomic E-state index is 12.8. The number of hydrogen-bond donors (Lipinski definition) is 0. The van der Waals surface area contributed by atoms with Gasteiger partial charge in [0, 0.05) is 0 Å². The molecule has 0 spiro atoms. The van der Waals surface area contributed by atoms with E-state index in [-0.39, 0.29) is 29.2 Å². The second-order valence-electron chi connectivity index (χ2n) is 8.78. The number of carbonyl (C=O) groups is 3. The molecule has 8 heteroatoms. The van der Waals surface area contributed by atoms with Gasteiger partial charge in [0.05, 0.1) is 24.3 Å². The number of ether oxygens (including phenoxy) is 5. The van der Waals surface area contributed by atoms with E-state index in [2.05, 4.69) is 20.4 Å². The lowest BCUT2D eigenvalue weighted by atomic mass is 10.1. The largest absolute Gasteiger partial charge is 0.494 e. The fraction of sp³-hybridized carbons (Fsp3) is 0.281. The van der Waals surface area contributed by atoms with Crippen LogP contribution >= 0.6 is 0 Å². The molecule has 0 N–H and O–H groups in total. The average Bonchev–Trinajstić information content (AvgIpc) is 2.97. The first-order chi connectivity index (χ1) is 19.4. The third-order valence-corrected chi connectivity index (χ3v) is 5.63. The van der Waals surface area contributed by atoms with Crippen LogP contribution in [0, 0.1) is 0 Å². The van der Waals surface area contributed by atoms with E-state index in [9.17, 15) is 14.4 Å². The predicted octanol–water partition coefficient (Wildman–Crippen LogP) is 6.83. The van der Waals surface area contributed by atoms with E-state index < -0.39 is 17.9 Å². The molecule has 0 unspecified atom stereocenters. The van der Waals surface area contributed by atoms with Crippen molar-refractivity contribution in [3.63, 3.8) is 0 Å². The SMILES string of the molecule is C=CCOC(=O)c1cc(OC(=O)c2ccc(OCCCC)cc2)ccc1OC(=O)c1ccc(OCCCC)cc1. The van der Waals surface area contributed by atoms with E-state index in [0.717, 1.165) is 25.7 Å². The van der Waals surface area contributed by atoms with Gasteiger partial charge in [0.25, 0.3) is 0 Å². The maximum Gasteiger partial charge on any atom is 0.343 e. The van der Waals surface area contributed by atoms with E-state index in [1.807, 2.05) is 0 Å². The maximum absolute atomic E-state index is 12.8. The van der Waals surface area contributed by atoms with Crippen molar-refractivity contribution in [2.24, 2.45) is 0 Å². The van der Waals surface area contributed by atoms with Crippen molar-refractivity contribution in [1.82, 2.24) is 0 Å². The van der Waals surface area contributed by atoms with Gasteiger partial charge in [0.1, 0.15) is 35.2 Å². The summed E-state index contributed by atoms with van der Waals surface area (Å²) in [4.78, 5) is 38.2. The van der Waals surface area contributed by atoms with E-state index in [0.29, 0.717) is 30.3 Å². The normalized spacial score (nSPS) is 10.3. The fourth-order valence-corrected chi connectivity index (χ4v) is 3.40. The highest BCUT2D eigenvalue weighted by atomic mass is 16.6. The number of unbranched alkanes of at least 4 members (excludes halogenated alkanes) is 2. The minimum Gasteiger partial charge on any atom is -0.494 e. The number of carbonyl (C=O) groups excluding carboxylic acids is 3. The molecule has 3 aromatic carbocycles. The first-order valence-electron chi connectivity index (χ1n) is 13.3. The quantitative estimate of drug-likeness (QED) is 0.0886. The zero-order valence-electron chi connectivity index (χ0n) is 22.9. The first-order valence-corrected chi connectivity index (χ1v) is 13.3. The molecular weight excluding hydrogens is 512 g/mol. The molecular formula is C32H34O8. The molecule has 3 rings (SSSR count). The molecule has 0 aliphatic carbocycles. The van der Waals surface area contributed by atoms with Crippen LogP contribution in [-0.4, -0.2) is 37.7 Å². The number of hydrogen-bond acceptors (Lipinski definition) is 8. The molecule has 0 bridgehead atoms. The van der Waals surface area contributed by atoms with Crippen LogP contribution in [0.4, 0.5) is 0 Å². The third kappa shape index (κ3) is 9.01. The summed E-state index contributed by atoms with van der Waals surface area (Å²) in [5, 5.41) is 0. The van der Waals surface area contributed by atoms with Gasteiger partial charge in [-0.2, -0.15) is 0 Å². The predicted molar refractivity (Wildman–Crippen MR) is 151 cm³/mol. The van der Waals surface area contributed by atoms with Gasteiger partial charge in [0.2, 0.25) is 0 Å². The van der Waals surface area contributed by atoms with Gasteiger partial charge in [-0.05, 0) is 79.6 Å². The van der Waals surface area contributed by atoms with E-state index in [1.54, 1.807) is 48.5 Å². The lowest BCUT2D eigenvalue weighted by Gasteiger charge is -2.12. The van der Waals surface area contributed by atoms with Crippen molar-refractivity contribution >= 4 is 17.9 Å². The molecule has 40 heavy (non-hydrogen) atoms. The van der Waals surface area contributed by atoms with Crippen LogP contribution in [0.1, 0.15) is 70.6 Å². The molecule has 0 radical (unpaired) electrons. The van der Waals surface area contributed by atoms with Crippen molar-refractivity contribution in [1.29, 1.82) is 0 Å². The number of esters is 3. The van der Waals surface area contributed by atoms with Crippen LogP contribution in [0.3, 0.4) is 0 Å². The van der Waals surface area contributed by atoms with Crippen LogP contribution in [0.25, 0.3) is 0 Å². The molecule has 0 aromatic heterocycles. The summed E-state index contributed by atoms with van der Waals surface area (Å²) >= 11 is 0. The molecule has 0 atom stereocenters. The van der Waals surface area contributed by atoms with Crippen molar-refractivity contribution in [2.45, 2.75) is 39.5 Å². The molecule has 0 aliphatic heterocycles. The Balaban J connectivity index is 1.73. The zero-order chi connectivity index (χ0) is 28.7. The van der Waals surface area contributed by atoms with Crippen molar-refractivity contribution in [3.8, 4) is 23.0 Å². The summed E-state index contributed by atoms with van der Waals surface area (Å²) < 4.78 is 27.4. The summed E-state index contributed by atoms with van der Waals surface area (Å²) in [6.07, 6.45) is 5.31. The Hall–Kier alpha value is -4.59. The Morgan fingerprint density at radius 1 is 0.675 bits per heavy atom. The van der Waals surface area contributed by atoms with E-state index in [1.165, 1.54) is 24.3 Å². The molecule has 0 heterocycles. The Labute approximate surface area is 234 Å². The van der Waals surface area contributed by atoms with Crippen LogP contribution in [0.15, 0.2) is 79.4 Å². The first kappa shape index (κ1) is 30.0. The van der Waals surface area contributed by atoms with Crippen LogP contribution < -0.4 is 18.9 Å². The molecule has 3 aromatic rings. The molecule has 0 fully saturated rings. The van der Waals surface area contributed by atoms with Crippen LogP contribution in [-0.2, 0) is 4.74 Å². The molecule has 0 saturated heterocycles. The zero-order valence-corrected chi connectivity index (χ0v) is 22.9. The summed E-state index contributed by atoms with van der Waals surface area (Å²) in [6.45, 7) is 8.82. The van der Waals surface area contributed by atoms with Crippen LogP contribution in [0.5, 0.6) is 23.0 Å². The lowest BCUT2D eigenvalue weighted by Crippen LogP contribution is -2.14. The summed E-state index contributed by atoms with van der Waals surface area (Å²) in [6, 6.07) is 17.2. The van der Waals surface area contributed by atoms with E-state index in [4.69, 9.17) is 23.7 Å². The Kier molecular flexibility index (Phi) is 11.8. The molecule has 0 saturated carbocycles. The molecule has 210 valence electrons. The van der Waals surface area contributed by atoms with Crippen molar-refractivity contribution in [2.75, 3.05) is 19.8 Å². The van der Waals surface area contributed by atoms with Gasteiger partial charge in [-0.25, -0.2) is 14.4 Å². The Morgan fingerprint density at radius 2 is 1.18 bits per heavy atom. The molecule has 8 nitrogen and oxygen atoms in total. The minimum absolute atomic E-state index is 0.0456. The second-order valence-corrected chi connectivity index (χ2v) is 8.78. The highest BCUT2D eigenvalue weighted by molar-refractivity contribution is 5.97. The third-order valence-electron chi connectivity index (χ3n) is 5.63. The van der Waals surface area contributed by atoms with Gasteiger partial charge >= 0.3 is 17.9 Å². The van der Waals surface area contributed by atoms with Gasteiger partial charge in [-0.15, -0.1) is 0 Å². The molecule has 0 amide bonds. The monoisotopic (exact) mass is 546 g/mol. The van der Waals surface area contributed by atoms with E-state index >= 15 is 0 Å². The topological polar surface area (TPSA) is 97.4 Å². The van der Waals surface area contributed by atoms with Gasteiger partial charge in [-0.3, -0.25) is 0 Å². The van der Waals surface area contributed by atoms with Gasteiger partial charge in [0.15, 0.2) is 0 Å². The number of rotatable bonds is 15. The lowest BCUT2D eigenvalue weighted by molar-refractivity contribution is 0.0540. The Morgan fingerprint density at radius 3 is 1.68 bits per heavy atom.